The van der Waals surface area contributed by atoms with Crippen molar-refractivity contribution in [1.82, 2.24) is 0 Å². The highest BCUT2D eigenvalue weighted by molar-refractivity contribution is 6.33. The number of hydrogen-bond acceptors (Lipinski definition) is 0. The molecule has 0 atom stereocenters. The normalized spacial score (nSPS) is 7.82. The van der Waals surface area contributed by atoms with E-state index in [4.69, 9.17) is 7.85 Å². The molecular formula is C7H10BFO2. The molecule has 4 heteroatoms. The summed E-state index contributed by atoms with van der Waals surface area (Å²) in [5.74, 6) is -0.241. The minimum absolute atomic E-state index is 0. The Bertz CT molecular complexity index is 207. The van der Waals surface area contributed by atoms with Gasteiger partial charge >= 0.3 is 0 Å². The second kappa shape index (κ2) is 4.88. The summed E-state index contributed by atoms with van der Waals surface area (Å²) in [7, 11) is 5.38. The van der Waals surface area contributed by atoms with Crippen LogP contribution in [0.2, 0.25) is 0 Å². The van der Waals surface area contributed by atoms with E-state index in [-0.39, 0.29) is 16.8 Å². The van der Waals surface area contributed by atoms with Crippen LogP contribution in [0.3, 0.4) is 0 Å². The lowest BCUT2D eigenvalue weighted by atomic mass is 9.91. The van der Waals surface area contributed by atoms with E-state index in [0.717, 1.165) is 0 Å². The summed E-state index contributed by atoms with van der Waals surface area (Å²) < 4.78 is 12.5. The molecule has 0 saturated carbocycles. The van der Waals surface area contributed by atoms with Crippen molar-refractivity contribution in [2.45, 2.75) is 6.92 Å². The Morgan fingerprint density at radius 1 is 1.27 bits per heavy atom. The molecule has 0 aliphatic carbocycles. The Balaban J connectivity index is 0. The molecule has 2 nitrogen and oxygen atoms in total. The maximum absolute atomic E-state index is 12.5. The van der Waals surface area contributed by atoms with Crippen molar-refractivity contribution in [2.75, 3.05) is 0 Å². The number of rotatable bonds is 0. The van der Waals surface area contributed by atoms with E-state index in [2.05, 4.69) is 0 Å². The fourth-order valence-corrected chi connectivity index (χ4v) is 0.624. The highest BCUT2D eigenvalue weighted by Gasteiger charge is 1.95. The quantitative estimate of drug-likeness (QED) is 0.445. The molecule has 0 fully saturated rings. The third kappa shape index (κ3) is 2.70. The first-order valence-electron chi connectivity index (χ1n) is 2.72. The molecule has 1 rings (SSSR count). The molecule has 0 bridgehead atoms. The van der Waals surface area contributed by atoms with Gasteiger partial charge in [-0.25, -0.2) is 4.39 Å². The Morgan fingerprint density at radius 3 is 2.18 bits per heavy atom. The molecule has 0 aliphatic heterocycles. The van der Waals surface area contributed by atoms with E-state index in [1.54, 1.807) is 19.1 Å². The molecule has 0 unspecified atom stereocenters. The standard InChI is InChI=1S/C7H6BF.2H2O/c1-5-6(8)3-2-4-7(5)9;;/h2-4H,1H3;2*1H2. The Morgan fingerprint density at radius 2 is 1.82 bits per heavy atom. The lowest BCUT2D eigenvalue weighted by Gasteiger charge is -1.98. The maximum atomic E-state index is 12.5. The van der Waals surface area contributed by atoms with Crippen LogP contribution in [0, 0.1) is 12.7 Å². The number of halogens is 1. The van der Waals surface area contributed by atoms with Crippen molar-refractivity contribution >= 4 is 13.3 Å². The highest BCUT2D eigenvalue weighted by Crippen LogP contribution is 1.99. The Kier molecular flexibility index (Phi) is 5.66. The van der Waals surface area contributed by atoms with Crippen LogP contribution in [0.4, 0.5) is 4.39 Å². The van der Waals surface area contributed by atoms with Crippen molar-refractivity contribution in [2.24, 2.45) is 0 Å². The summed E-state index contributed by atoms with van der Waals surface area (Å²) in [5, 5.41) is 0. The molecule has 1 aromatic carbocycles. The van der Waals surface area contributed by atoms with Crippen LogP contribution < -0.4 is 5.46 Å². The van der Waals surface area contributed by atoms with Gasteiger partial charge in [0.2, 0.25) is 0 Å². The summed E-state index contributed by atoms with van der Waals surface area (Å²) in [4.78, 5) is 0. The van der Waals surface area contributed by atoms with Gasteiger partial charge in [0.1, 0.15) is 13.7 Å². The van der Waals surface area contributed by atoms with Gasteiger partial charge in [0.25, 0.3) is 0 Å². The first kappa shape index (κ1) is 12.8. The minimum atomic E-state index is -0.241. The van der Waals surface area contributed by atoms with Crippen molar-refractivity contribution in [3.63, 3.8) is 0 Å². The predicted molar refractivity (Wildman–Crippen MR) is 43.8 cm³/mol. The monoisotopic (exact) mass is 156 g/mol. The van der Waals surface area contributed by atoms with E-state index in [9.17, 15) is 4.39 Å². The molecule has 0 aromatic heterocycles. The summed E-state index contributed by atoms with van der Waals surface area (Å²) in [6.07, 6.45) is 0. The molecule has 0 saturated heterocycles. The average Bonchev–Trinajstić information content (AvgIpc) is 1.83. The third-order valence-corrected chi connectivity index (χ3v) is 1.31. The van der Waals surface area contributed by atoms with Gasteiger partial charge in [-0.1, -0.05) is 17.6 Å². The molecule has 0 spiro atoms. The van der Waals surface area contributed by atoms with Gasteiger partial charge in [0, 0.05) is 0 Å². The Labute approximate surface area is 66.1 Å². The molecular weight excluding hydrogens is 146 g/mol. The number of hydrogen-bond donors (Lipinski definition) is 0. The van der Waals surface area contributed by atoms with Gasteiger partial charge in [-0.3, -0.25) is 0 Å². The van der Waals surface area contributed by atoms with Gasteiger partial charge in [0.05, 0.1) is 0 Å². The van der Waals surface area contributed by atoms with Crippen LogP contribution in [0.25, 0.3) is 0 Å². The summed E-state index contributed by atoms with van der Waals surface area (Å²) in [6, 6.07) is 4.67. The summed E-state index contributed by atoms with van der Waals surface area (Å²) >= 11 is 0. The summed E-state index contributed by atoms with van der Waals surface area (Å²) in [6.45, 7) is 1.66. The Hall–Kier alpha value is -0.865. The predicted octanol–water partition coefficient (Wildman–Crippen LogP) is -0.721. The van der Waals surface area contributed by atoms with Gasteiger partial charge in [-0.05, 0) is 18.6 Å². The number of benzene rings is 1. The van der Waals surface area contributed by atoms with Crippen molar-refractivity contribution in [3.8, 4) is 0 Å². The summed E-state index contributed by atoms with van der Waals surface area (Å²) in [5.41, 5.74) is 1.03. The van der Waals surface area contributed by atoms with Crippen molar-refractivity contribution in [3.05, 3.63) is 29.6 Å². The van der Waals surface area contributed by atoms with Gasteiger partial charge in [-0.15, -0.1) is 0 Å². The second-order valence-corrected chi connectivity index (χ2v) is 1.95. The molecule has 0 aliphatic rings. The fraction of sp³-hybridized carbons (Fsp3) is 0.143. The molecule has 60 valence electrons. The topological polar surface area (TPSA) is 63.0 Å². The average molecular weight is 156 g/mol. The van der Waals surface area contributed by atoms with Gasteiger partial charge < -0.3 is 11.0 Å². The SMILES string of the molecule is O.O.[B]c1cccc(F)c1C. The zero-order valence-corrected chi connectivity index (χ0v) is 6.19. The molecule has 1 aromatic rings. The first-order chi connectivity index (χ1) is 4.22. The van der Waals surface area contributed by atoms with Gasteiger partial charge in [0.15, 0.2) is 0 Å². The van der Waals surface area contributed by atoms with Crippen LogP contribution in [-0.2, 0) is 0 Å². The van der Waals surface area contributed by atoms with Crippen LogP contribution in [-0.4, -0.2) is 18.8 Å². The second-order valence-electron chi connectivity index (χ2n) is 1.95. The third-order valence-electron chi connectivity index (χ3n) is 1.31. The van der Waals surface area contributed by atoms with Crippen LogP contribution in [0.1, 0.15) is 5.56 Å². The molecule has 11 heavy (non-hydrogen) atoms. The largest absolute Gasteiger partial charge is 0.412 e. The van der Waals surface area contributed by atoms with Crippen LogP contribution in [0.15, 0.2) is 18.2 Å². The lowest BCUT2D eigenvalue weighted by Crippen LogP contribution is -2.07. The van der Waals surface area contributed by atoms with Crippen molar-refractivity contribution < 1.29 is 15.3 Å². The lowest BCUT2D eigenvalue weighted by molar-refractivity contribution is 0.620. The molecule has 4 N–H and O–H groups in total. The molecule has 2 radical (unpaired) electrons. The van der Waals surface area contributed by atoms with E-state index in [1.165, 1.54) is 6.07 Å². The van der Waals surface area contributed by atoms with E-state index < -0.39 is 0 Å². The smallest absolute Gasteiger partial charge is 0.125 e. The highest BCUT2D eigenvalue weighted by atomic mass is 19.1. The fourth-order valence-electron chi connectivity index (χ4n) is 0.624. The maximum Gasteiger partial charge on any atom is 0.125 e. The van der Waals surface area contributed by atoms with E-state index in [0.29, 0.717) is 11.0 Å². The molecule has 0 amide bonds. The van der Waals surface area contributed by atoms with E-state index >= 15 is 0 Å². The van der Waals surface area contributed by atoms with Crippen LogP contribution >= 0.6 is 0 Å². The van der Waals surface area contributed by atoms with E-state index in [1.807, 2.05) is 0 Å². The van der Waals surface area contributed by atoms with Gasteiger partial charge in [-0.2, -0.15) is 0 Å². The van der Waals surface area contributed by atoms with Crippen molar-refractivity contribution in [1.29, 1.82) is 0 Å². The molecule has 0 heterocycles. The zero-order valence-electron chi connectivity index (χ0n) is 6.19. The first-order valence-corrected chi connectivity index (χ1v) is 2.72. The minimum Gasteiger partial charge on any atom is -0.412 e. The zero-order chi connectivity index (χ0) is 6.85. The van der Waals surface area contributed by atoms with Crippen LogP contribution in [0.5, 0.6) is 0 Å².